The molecule has 2 N–H and O–H groups in total. The smallest absolute Gasteiger partial charge is 0.338 e. The summed E-state index contributed by atoms with van der Waals surface area (Å²) < 4.78 is 10.3. The SMILES string of the molecule is COc1ccc(NC(C)=O)cc1NC(=O)COC(=O)c1ccc(C(C)(C)C)cc1. The Labute approximate surface area is 170 Å². The standard InChI is InChI=1S/C22H26N2O5/c1-14(25)23-17-10-11-19(28-5)18(12-17)24-20(26)13-29-21(27)15-6-8-16(9-7-15)22(2,3)4/h6-12H,13H2,1-5H3,(H,23,25)(H,24,26). The molecule has 0 unspecified atom stereocenters. The van der Waals surface area contributed by atoms with Crippen molar-refractivity contribution in [2.45, 2.75) is 33.1 Å². The topological polar surface area (TPSA) is 93.7 Å². The molecule has 0 aliphatic rings. The molecular weight excluding hydrogens is 372 g/mol. The van der Waals surface area contributed by atoms with Crippen molar-refractivity contribution in [3.8, 4) is 5.75 Å². The maximum atomic E-state index is 12.2. The monoisotopic (exact) mass is 398 g/mol. The first-order valence-corrected chi connectivity index (χ1v) is 9.13. The molecule has 2 aromatic carbocycles. The van der Waals surface area contributed by atoms with E-state index in [1.54, 1.807) is 30.3 Å². The minimum Gasteiger partial charge on any atom is -0.495 e. The van der Waals surface area contributed by atoms with Crippen LogP contribution in [-0.4, -0.2) is 31.5 Å². The quantitative estimate of drug-likeness (QED) is 0.723. The van der Waals surface area contributed by atoms with E-state index >= 15 is 0 Å². The van der Waals surface area contributed by atoms with Crippen LogP contribution in [0, 0.1) is 0 Å². The van der Waals surface area contributed by atoms with Crippen LogP contribution in [0.25, 0.3) is 0 Å². The number of benzene rings is 2. The lowest BCUT2D eigenvalue weighted by molar-refractivity contribution is -0.119. The zero-order valence-electron chi connectivity index (χ0n) is 17.3. The predicted octanol–water partition coefficient (Wildman–Crippen LogP) is 3.75. The van der Waals surface area contributed by atoms with Crippen LogP contribution in [0.3, 0.4) is 0 Å². The molecule has 0 aliphatic heterocycles. The van der Waals surface area contributed by atoms with Gasteiger partial charge in [-0.05, 0) is 41.3 Å². The number of rotatable bonds is 6. The van der Waals surface area contributed by atoms with Crippen molar-refractivity contribution >= 4 is 29.2 Å². The molecule has 0 radical (unpaired) electrons. The van der Waals surface area contributed by atoms with Crippen LogP contribution in [0.1, 0.15) is 43.6 Å². The highest BCUT2D eigenvalue weighted by Gasteiger charge is 2.16. The summed E-state index contributed by atoms with van der Waals surface area (Å²) in [5.41, 5.74) is 2.31. The molecule has 0 saturated heterocycles. The van der Waals surface area contributed by atoms with Gasteiger partial charge in [0.25, 0.3) is 5.91 Å². The van der Waals surface area contributed by atoms with Crippen LogP contribution < -0.4 is 15.4 Å². The highest BCUT2D eigenvalue weighted by atomic mass is 16.5. The molecule has 0 spiro atoms. The molecule has 0 saturated carbocycles. The fourth-order valence-corrected chi connectivity index (χ4v) is 2.59. The number of carbonyl (C=O) groups excluding carboxylic acids is 3. The van der Waals surface area contributed by atoms with Crippen molar-refractivity contribution in [3.63, 3.8) is 0 Å². The van der Waals surface area contributed by atoms with Crippen molar-refractivity contribution in [2.24, 2.45) is 0 Å². The number of esters is 1. The second-order valence-corrected chi connectivity index (χ2v) is 7.55. The second-order valence-electron chi connectivity index (χ2n) is 7.55. The first-order valence-electron chi connectivity index (χ1n) is 9.13. The van der Waals surface area contributed by atoms with Gasteiger partial charge in [0.2, 0.25) is 5.91 Å². The summed E-state index contributed by atoms with van der Waals surface area (Å²) in [5, 5.41) is 5.24. The maximum absolute atomic E-state index is 12.2. The van der Waals surface area contributed by atoms with Gasteiger partial charge in [0.15, 0.2) is 6.61 Å². The molecule has 0 aliphatic carbocycles. The van der Waals surface area contributed by atoms with Crippen LogP contribution in [0.2, 0.25) is 0 Å². The molecule has 7 heteroatoms. The van der Waals surface area contributed by atoms with E-state index in [-0.39, 0.29) is 11.3 Å². The predicted molar refractivity (Wildman–Crippen MR) is 111 cm³/mol. The van der Waals surface area contributed by atoms with E-state index in [0.29, 0.717) is 22.7 Å². The van der Waals surface area contributed by atoms with Crippen LogP contribution in [0.4, 0.5) is 11.4 Å². The number of ether oxygens (including phenoxy) is 2. The molecule has 0 atom stereocenters. The van der Waals surface area contributed by atoms with Crippen molar-refractivity contribution in [1.29, 1.82) is 0 Å². The van der Waals surface area contributed by atoms with E-state index in [1.807, 2.05) is 12.1 Å². The first kappa shape index (κ1) is 21.9. The van der Waals surface area contributed by atoms with Gasteiger partial charge >= 0.3 is 5.97 Å². The van der Waals surface area contributed by atoms with Gasteiger partial charge in [-0.3, -0.25) is 9.59 Å². The summed E-state index contributed by atoms with van der Waals surface area (Å²) in [6, 6.07) is 11.9. The number of carbonyl (C=O) groups is 3. The van der Waals surface area contributed by atoms with Crippen LogP contribution >= 0.6 is 0 Å². The third kappa shape index (κ3) is 6.34. The highest BCUT2D eigenvalue weighted by Crippen LogP contribution is 2.28. The molecule has 2 aromatic rings. The Bertz CT molecular complexity index is 898. The fourth-order valence-electron chi connectivity index (χ4n) is 2.59. The number of amides is 2. The van der Waals surface area contributed by atoms with Crippen LogP contribution in [-0.2, 0) is 19.7 Å². The van der Waals surface area contributed by atoms with Gasteiger partial charge in [-0.25, -0.2) is 4.79 Å². The third-order valence-electron chi connectivity index (χ3n) is 4.11. The van der Waals surface area contributed by atoms with Gasteiger partial charge in [-0.15, -0.1) is 0 Å². The molecule has 2 amide bonds. The van der Waals surface area contributed by atoms with Gasteiger partial charge in [0.1, 0.15) is 5.75 Å². The summed E-state index contributed by atoms with van der Waals surface area (Å²) in [6.07, 6.45) is 0. The normalized spacial score (nSPS) is 10.8. The Kier molecular flexibility index (Phi) is 6.98. The third-order valence-corrected chi connectivity index (χ3v) is 4.11. The molecule has 29 heavy (non-hydrogen) atoms. The van der Waals surface area contributed by atoms with Crippen molar-refractivity contribution in [2.75, 3.05) is 24.4 Å². The van der Waals surface area contributed by atoms with Gasteiger partial charge in [-0.1, -0.05) is 32.9 Å². The van der Waals surface area contributed by atoms with Gasteiger partial charge in [-0.2, -0.15) is 0 Å². The number of hydrogen-bond donors (Lipinski definition) is 2. The largest absolute Gasteiger partial charge is 0.495 e. The highest BCUT2D eigenvalue weighted by molar-refractivity contribution is 5.97. The lowest BCUT2D eigenvalue weighted by Crippen LogP contribution is -2.21. The minimum atomic E-state index is -0.584. The van der Waals surface area contributed by atoms with E-state index in [0.717, 1.165) is 5.56 Å². The lowest BCUT2D eigenvalue weighted by atomic mass is 9.87. The average Bonchev–Trinajstić information content (AvgIpc) is 2.65. The molecule has 0 bridgehead atoms. The summed E-state index contributed by atoms with van der Waals surface area (Å²) >= 11 is 0. The van der Waals surface area contributed by atoms with Gasteiger partial charge in [0.05, 0.1) is 18.4 Å². The van der Waals surface area contributed by atoms with E-state index in [1.165, 1.54) is 14.0 Å². The summed E-state index contributed by atoms with van der Waals surface area (Å²) in [5.74, 6) is -0.932. The summed E-state index contributed by atoms with van der Waals surface area (Å²) in [4.78, 5) is 35.6. The van der Waals surface area contributed by atoms with Crippen molar-refractivity contribution in [3.05, 3.63) is 53.6 Å². The molecule has 7 nitrogen and oxygen atoms in total. The number of hydrogen-bond acceptors (Lipinski definition) is 5. The maximum Gasteiger partial charge on any atom is 0.338 e. The molecule has 154 valence electrons. The van der Waals surface area contributed by atoms with E-state index in [9.17, 15) is 14.4 Å². The second kappa shape index (κ2) is 9.23. The van der Waals surface area contributed by atoms with Gasteiger partial charge in [0, 0.05) is 12.6 Å². The van der Waals surface area contributed by atoms with Crippen LogP contribution in [0.5, 0.6) is 5.75 Å². The first-order chi connectivity index (χ1) is 13.6. The minimum absolute atomic E-state index is 0.0207. The number of methoxy groups -OCH3 is 1. The Morgan fingerprint density at radius 2 is 1.62 bits per heavy atom. The molecule has 0 heterocycles. The fraction of sp³-hybridized carbons (Fsp3) is 0.318. The van der Waals surface area contributed by atoms with Crippen molar-refractivity contribution in [1.82, 2.24) is 0 Å². The van der Waals surface area contributed by atoms with Gasteiger partial charge < -0.3 is 20.1 Å². The summed E-state index contributed by atoms with van der Waals surface area (Å²) in [6.45, 7) is 7.18. The van der Waals surface area contributed by atoms with Crippen molar-refractivity contribution < 1.29 is 23.9 Å². The zero-order chi connectivity index (χ0) is 21.6. The molecular formula is C22H26N2O5. The Morgan fingerprint density at radius 3 is 2.17 bits per heavy atom. The number of nitrogens with one attached hydrogen (secondary N) is 2. The Hall–Kier alpha value is -3.35. The van der Waals surface area contributed by atoms with E-state index < -0.39 is 18.5 Å². The average molecular weight is 398 g/mol. The summed E-state index contributed by atoms with van der Waals surface area (Å²) in [7, 11) is 1.46. The van der Waals surface area contributed by atoms with E-state index in [2.05, 4.69) is 31.4 Å². The number of anilines is 2. The van der Waals surface area contributed by atoms with E-state index in [4.69, 9.17) is 9.47 Å². The van der Waals surface area contributed by atoms with Crippen LogP contribution in [0.15, 0.2) is 42.5 Å². The Balaban J connectivity index is 1.99. The molecule has 0 fully saturated rings. The molecule has 2 rings (SSSR count). The Morgan fingerprint density at radius 1 is 0.966 bits per heavy atom. The molecule has 0 aromatic heterocycles. The zero-order valence-corrected chi connectivity index (χ0v) is 17.3. The lowest BCUT2D eigenvalue weighted by Gasteiger charge is -2.18.